The zero-order valence-electron chi connectivity index (χ0n) is 10.9. The molecular formula is C14H23NO2. The van der Waals surface area contributed by atoms with Crippen LogP contribution in [-0.2, 0) is 9.53 Å². The minimum atomic E-state index is -0.309. The van der Waals surface area contributed by atoms with Crippen molar-refractivity contribution < 1.29 is 9.53 Å². The Labute approximate surface area is 104 Å². The van der Waals surface area contributed by atoms with E-state index >= 15 is 0 Å². The highest BCUT2D eigenvalue weighted by molar-refractivity contribution is 5.98. The molecule has 0 amide bonds. The second-order valence-electron chi connectivity index (χ2n) is 5.65. The molecule has 1 atom stereocenters. The third-order valence-corrected chi connectivity index (χ3v) is 4.06. The van der Waals surface area contributed by atoms with Gasteiger partial charge >= 0.3 is 0 Å². The molecule has 1 N–H and O–H groups in total. The summed E-state index contributed by atoms with van der Waals surface area (Å²) in [6.45, 7) is 6.85. The van der Waals surface area contributed by atoms with E-state index in [9.17, 15) is 4.79 Å². The van der Waals surface area contributed by atoms with Crippen molar-refractivity contribution in [2.75, 3.05) is 19.7 Å². The van der Waals surface area contributed by atoms with Crippen molar-refractivity contribution in [3.8, 4) is 0 Å². The lowest BCUT2D eigenvalue weighted by molar-refractivity contribution is -0.130. The summed E-state index contributed by atoms with van der Waals surface area (Å²) >= 11 is 0. The predicted molar refractivity (Wildman–Crippen MR) is 67.7 cm³/mol. The molecule has 96 valence electrons. The second kappa shape index (κ2) is 5.21. The molecule has 3 heteroatoms. The first kappa shape index (κ1) is 12.6. The van der Waals surface area contributed by atoms with Gasteiger partial charge in [0.05, 0.1) is 6.61 Å². The van der Waals surface area contributed by atoms with Gasteiger partial charge in [-0.2, -0.15) is 0 Å². The van der Waals surface area contributed by atoms with E-state index in [1.54, 1.807) is 0 Å². The highest BCUT2D eigenvalue weighted by Gasteiger charge is 2.39. The standard InChI is InChI=1S/C14H23NO2/c1-14(2,11-6-5-8-15-10-11)13(16)12-7-3-4-9-17-12/h7,11,15H,3-6,8-10H2,1-2H3. The Morgan fingerprint density at radius 1 is 1.47 bits per heavy atom. The number of nitrogens with one attached hydrogen (secondary N) is 1. The Bertz CT molecular complexity index is 314. The van der Waals surface area contributed by atoms with Crippen molar-refractivity contribution in [1.29, 1.82) is 0 Å². The Hall–Kier alpha value is -0.830. The third-order valence-electron chi connectivity index (χ3n) is 4.06. The highest BCUT2D eigenvalue weighted by atomic mass is 16.5. The van der Waals surface area contributed by atoms with Crippen LogP contribution in [0.5, 0.6) is 0 Å². The van der Waals surface area contributed by atoms with Crippen LogP contribution >= 0.6 is 0 Å². The Balaban J connectivity index is 2.07. The molecule has 0 aliphatic carbocycles. The van der Waals surface area contributed by atoms with Crippen molar-refractivity contribution in [1.82, 2.24) is 5.32 Å². The Morgan fingerprint density at radius 3 is 2.88 bits per heavy atom. The van der Waals surface area contributed by atoms with Crippen molar-refractivity contribution >= 4 is 5.78 Å². The van der Waals surface area contributed by atoms with E-state index in [-0.39, 0.29) is 11.2 Å². The highest BCUT2D eigenvalue weighted by Crippen LogP contribution is 2.35. The van der Waals surface area contributed by atoms with Gasteiger partial charge in [-0.05, 0) is 50.8 Å². The van der Waals surface area contributed by atoms with Gasteiger partial charge in [0.25, 0.3) is 0 Å². The summed E-state index contributed by atoms with van der Waals surface area (Å²) in [5, 5.41) is 3.39. The smallest absolute Gasteiger partial charge is 0.202 e. The number of hydrogen-bond donors (Lipinski definition) is 1. The lowest BCUT2D eigenvalue weighted by Gasteiger charge is -2.36. The minimum Gasteiger partial charge on any atom is -0.490 e. The number of hydrogen-bond acceptors (Lipinski definition) is 3. The van der Waals surface area contributed by atoms with Gasteiger partial charge in [0.15, 0.2) is 5.76 Å². The first-order chi connectivity index (χ1) is 8.12. The summed E-state index contributed by atoms with van der Waals surface area (Å²) < 4.78 is 5.51. The molecule has 0 radical (unpaired) electrons. The molecule has 2 aliphatic rings. The van der Waals surface area contributed by atoms with E-state index in [0.717, 1.165) is 32.4 Å². The number of rotatable bonds is 3. The van der Waals surface area contributed by atoms with Crippen molar-refractivity contribution in [3.63, 3.8) is 0 Å². The van der Waals surface area contributed by atoms with Gasteiger partial charge in [0.1, 0.15) is 0 Å². The summed E-state index contributed by atoms with van der Waals surface area (Å²) in [7, 11) is 0. The number of carbonyl (C=O) groups excluding carboxylic acids is 1. The summed E-state index contributed by atoms with van der Waals surface area (Å²) in [6, 6.07) is 0. The van der Waals surface area contributed by atoms with Crippen molar-refractivity contribution in [3.05, 3.63) is 11.8 Å². The molecule has 1 fully saturated rings. The van der Waals surface area contributed by atoms with Crippen LogP contribution in [0.25, 0.3) is 0 Å². The lowest BCUT2D eigenvalue weighted by atomic mass is 9.71. The Morgan fingerprint density at radius 2 is 2.29 bits per heavy atom. The maximum atomic E-state index is 12.5. The summed E-state index contributed by atoms with van der Waals surface area (Å²) in [5.41, 5.74) is -0.309. The van der Waals surface area contributed by atoms with Gasteiger partial charge in [-0.25, -0.2) is 0 Å². The van der Waals surface area contributed by atoms with Crippen LogP contribution in [0, 0.1) is 11.3 Å². The first-order valence-corrected chi connectivity index (χ1v) is 6.71. The topological polar surface area (TPSA) is 38.3 Å². The molecule has 0 saturated carbocycles. The SMILES string of the molecule is CC(C)(C(=O)C1=CCCCO1)C1CCCNC1. The normalized spacial score (nSPS) is 26.0. The summed E-state index contributed by atoms with van der Waals surface area (Å²) in [4.78, 5) is 12.5. The van der Waals surface area contributed by atoms with E-state index < -0.39 is 0 Å². The average Bonchev–Trinajstić information content (AvgIpc) is 2.40. The molecule has 1 saturated heterocycles. The monoisotopic (exact) mass is 237 g/mol. The van der Waals surface area contributed by atoms with Crippen LogP contribution in [-0.4, -0.2) is 25.5 Å². The van der Waals surface area contributed by atoms with E-state index in [1.807, 2.05) is 6.08 Å². The van der Waals surface area contributed by atoms with Crippen LogP contribution in [0.4, 0.5) is 0 Å². The van der Waals surface area contributed by atoms with Crippen LogP contribution < -0.4 is 5.32 Å². The number of piperidine rings is 1. The maximum absolute atomic E-state index is 12.5. The number of allylic oxidation sites excluding steroid dienone is 2. The number of ether oxygens (including phenoxy) is 1. The molecule has 17 heavy (non-hydrogen) atoms. The van der Waals surface area contributed by atoms with Crippen LogP contribution in [0.2, 0.25) is 0 Å². The lowest BCUT2D eigenvalue weighted by Crippen LogP contribution is -2.43. The number of Topliss-reactive ketones (excluding diaryl/α,β-unsaturated/α-hetero) is 1. The van der Waals surface area contributed by atoms with Gasteiger partial charge in [0.2, 0.25) is 5.78 Å². The summed E-state index contributed by atoms with van der Waals surface area (Å²) in [6.07, 6.45) is 6.27. The van der Waals surface area contributed by atoms with Gasteiger partial charge < -0.3 is 10.1 Å². The number of carbonyl (C=O) groups is 1. The third kappa shape index (κ3) is 2.71. The first-order valence-electron chi connectivity index (χ1n) is 6.71. The second-order valence-corrected chi connectivity index (χ2v) is 5.65. The molecule has 0 bridgehead atoms. The van der Waals surface area contributed by atoms with Gasteiger partial charge in [0, 0.05) is 5.41 Å². The van der Waals surface area contributed by atoms with Crippen molar-refractivity contribution in [2.45, 2.75) is 39.5 Å². The fourth-order valence-corrected chi connectivity index (χ4v) is 2.69. The fourth-order valence-electron chi connectivity index (χ4n) is 2.69. The van der Waals surface area contributed by atoms with Gasteiger partial charge in [-0.15, -0.1) is 0 Å². The van der Waals surface area contributed by atoms with Crippen LogP contribution in [0.15, 0.2) is 11.8 Å². The summed E-state index contributed by atoms with van der Waals surface area (Å²) in [5.74, 6) is 1.22. The molecule has 0 spiro atoms. The van der Waals surface area contributed by atoms with Crippen LogP contribution in [0.1, 0.15) is 39.5 Å². The molecule has 0 aromatic rings. The molecular weight excluding hydrogens is 214 g/mol. The predicted octanol–water partition coefficient (Wildman–Crippen LogP) is 2.28. The van der Waals surface area contributed by atoms with E-state index in [0.29, 0.717) is 18.3 Å². The maximum Gasteiger partial charge on any atom is 0.202 e. The zero-order valence-corrected chi connectivity index (χ0v) is 10.9. The molecule has 2 rings (SSSR count). The molecule has 1 unspecified atom stereocenters. The minimum absolute atomic E-state index is 0.186. The van der Waals surface area contributed by atoms with Crippen LogP contribution in [0.3, 0.4) is 0 Å². The number of ketones is 1. The van der Waals surface area contributed by atoms with Gasteiger partial charge in [-0.1, -0.05) is 13.8 Å². The van der Waals surface area contributed by atoms with Gasteiger partial charge in [-0.3, -0.25) is 4.79 Å². The molecule has 2 heterocycles. The fraction of sp³-hybridized carbons (Fsp3) is 0.786. The average molecular weight is 237 g/mol. The molecule has 3 nitrogen and oxygen atoms in total. The largest absolute Gasteiger partial charge is 0.490 e. The van der Waals surface area contributed by atoms with E-state index in [1.165, 1.54) is 6.42 Å². The Kier molecular flexibility index (Phi) is 3.87. The zero-order chi connectivity index (χ0) is 12.3. The molecule has 2 aliphatic heterocycles. The molecule has 0 aromatic heterocycles. The molecule has 0 aromatic carbocycles. The quantitative estimate of drug-likeness (QED) is 0.818. The van der Waals surface area contributed by atoms with E-state index in [2.05, 4.69) is 19.2 Å². The van der Waals surface area contributed by atoms with E-state index in [4.69, 9.17) is 4.74 Å². The van der Waals surface area contributed by atoms with Crippen molar-refractivity contribution in [2.24, 2.45) is 11.3 Å².